The number of benzene rings is 2. The first-order chi connectivity index (χ1) is 17.2. The highest BCUT2D eigenvalue weighted by Crippen LogP contribution is 2.39. The van der Waals surface area contributed by atoms with Crippen LogP contribution >= 0.6 is 0 Å². The Morgan fingerprint density at radius 1 is 1.14 bits per heavy atom. The Hall–Kier alpha value is -4.38. The molecule has 8 heteroatoms. The lowest BCUT2D eigenvalue weighted by Crippen LogP contribution is -2.25. The zero-order valence-electron chi connectivity index (χ0n) is 21.5. The van der Waals surface area contributed by atoms with Crippen LogP contribution in [0.15, 0.2) is 52.1 Å². The Morgan fingerprint density at radius 3 is 2.53 bits per heavy atom. The van der Waals surface area contributed by atoms with Crippen molar-refractivity contribution in [3.05, 3.63) is 65.2 Å². The monoisotopic (exact) mass is 480 g/mol. The quantitative estimate of drug-likeness (QED) is 0.319. The van der Waals surface area contributed by atoms with Crippen molar-refractivity contribution in [2.24, 2.45) is 12.0 Å². The summed E-state index contributed by atoms with van der Waals surface area (Å²) in [4.78, 5) is 9.02. The smallest absolute Gasteiger partial charge is 0.226 e. The minimum absolute atomic E-state index is 0.132. The second-order valence-corrected chi connectivity index (χ2v) is 9.93. The van der Waals surface area contributed by atoms with Crippen molar-refractivity contribution in [2.75, 3.05) is 7.11 Å². The summed E-state index contributed by atoms with van der Waals surface area (Å²) < 4.78 is 15.2. The fourth-order valence-electron chi connectivity index (χ4n) is 4.97. The summed E-state index contributed by atoms with van der Waals surface area (Å²) >= 11 is 0. The van der Waals surface area contributed by atoms with Gasteiger partial charge in [-0.15, -0.1) is 4.99 Å². The molecule has 0 spiro atoms. The molecule has 0 saturated carbocycles. The Labute approximate surface area is 209 Å². The Morgan fingerprint density at radius 2 is 1.89 bits per heavy atom. The molecule has 8 nitrogen and oxygen atoms in total. The summed E-state index contributed by atoms with van der Waals surface area (Å²) in [6.45, 7) is 10.3. The number of imidazole rings is 1. The number of rotatable bonds is 3. The number of ether oxygens (including phenoxy) is 1. The standard InChI is InChI=1S/C28H28N6O2/c1-16-25(17(2)36-32-16)19-12-21-18(13-24(19)35-7)26-23(14-30-21)33(6)27(31-15-29)34(26)22-11-9-8-10-20(22)28(3,4)5/h8-14H,1-7H3/b31-27+. The van der Waals surface area contributed by atoms with Gasteiger partial charge < -0.3 is 13.8 Å². The van der Waals surface area contributed by atoms with Gasteiger partial charge in [0.1, 0.15) is 11.5 Å². The van der Waals surface area contributed by atoms with E-state index in [1.807, 2.05) is 62.1 Å². The van der Waals surface area contributed by atoms with Crippen LogP contribution in [-0.2, 0) is 12.5 Å². The number of methoxy groups -OCH3 is 1. The van der Waals surface area contributed by atoms with Gasteiger partial charge in [-0.25, -0.2) is 0 Å². The van der Waals surface area contributed by atoms with Gasteiger partial charge in [0.2, 0.25) is 11.8 Å². The molecule has 0 radical (unpaired) electrons. The van der Waals surface area contributed by atoms with Gasteiger partial charge in [0.15, 0.2) is 0 Å². The van der Waals surface area contributed by atoms with E-state index >= 15 is 0 Å². The first-order valence-corrected chi connectivity index (χ1v) is 11.7. The molecular formula is C28H28N6O2. The van der Waals surface area contributed by atoms with Gasteiger partial charge in [-0.05, 0) is 43.0 Å². The van der Waals surface area contributed by atoms with Crippen molar-refractivity contribution in [3.8, 4) is 28.8 Å². The molecule has 182 valence electrons. The number of hydrogen-bond donors (Lipinski definition) is 0. The van der Waals surface area contributed by atoms with Crippen LogP contribution in [0.2, 0.25) is 0 Å². The molecule has 0 atom stereocenters. The van der Waals surface area contributed by atoms with Crippen LogP contribution in [-0.4, -0.2) is 26.4 Å². The number of aryl methyl sites for hydroxylation is 3. The van der Waals surface area contributed by atoms with Gasteiger partial charge in [0.25, 0.3) is 0 Å². The average molecular weight is 481 g/mol. The molecule has 2 aromatic carbocycles. The predicted molar refractivity (Wildman–Crippen MR) is 139 cm³/mol. The zero-order chi connectivity index (χ0) is 25.8. The number of hydrogen-bond acceptors (Lipinski definition) is 6. The van der Waals surface area contributed by atoms with E-state index in [4.69, 9.17) is 14.2 Å². The number of nitriles is 1. The van der Waals surface area contributed by atoms with Crippen molar-refractivity contribution < 1.29 is 9.26 Å². The predicted octanol–water partition coefficient (Wildman–Crippen LogP) is 5.48. The van der Waals surface area contributed by atoms with Crippen LogP contribution < -0.4 is 10.4 Å². The van der Waals surface area contributed by atoms with Crippen molar-refractivity contribution in [1.82, 2.24) is 19.3 Å². The SMILES string of the molecule is COc1cc2c(cc1-c1c(C)noc1C)ncc1c2n(-c2ccccc2C(C)(C)C)/c(=N/C#N)n1C. The van der Waals surface area contributed by atoms with Gasteiger partial charge in [-0.1, -0.05) is 44.1 Å². The van der Waals surface area contributed by atoms with E-state index in [1.54, 1.807) is 7.11 Å². The molecule has 0 aliphatic heterocycles. The summed E-state index contributed by atoms with van der Waals surface area (Å²) in [5.74, 6) is 1.40. The summed E-state index contributed by atoms with van der Waals surface area (Å²) in [5.41, 5.74) is 7.59. The van der Waals surface area contributed by atoms with Gasteiger partial charge in [-0.2, -0.15) is 5.26 Å². The van der Waals surface area contributed by atoms with E-state index in [0.717, 1.165) is 55.8 Å². The molecule has 0 fully saturated rings. The second kappa shape index (κ2) is 8.38. The minimum Gasteiger partial charge on any atom is -0.496 e. The molecule has 5 rings (SSSR count). The summed E-state index contributed by atoms with van der Waals surface area (Å²) in [7, 11) is 3.55. The lowest BCUT2D eigenvalue weighted by Gasteiger charge is -2.23. The highest BCUT2D eigenvalue weighted by Gasteiger charge is 2.24. The fourth-order valence-corrected chi connectivity index (χ4v) is 4.97. The largest absolute Gasteiger partial charge is 0.496 e. The van der Waals surface area contributed by atoms with E-state index in [-0.39, 0.29) is 5.41 Å². The normalized spacial score (nSPS) is 12.4. The number of para-hydroxylation sites is 1. The molecule has 0 N–H and O–H groups in total. The van der Waals surface area contributed by atoms with Gasteiger partial charge in [0, 0.05) is 18.0 Å². The van der Waals surface area contributed by atoms with Crippen LogP contribution in [0.4, 0.5) is 0 Å². The highest BCUT2D eigenvalue weighted by molar-refractivity contribution is 6.05. The summed E-state index contributed by atoms with van der Waals surface area (Å²) in [5, 5.41) is 14.6. The van der Waals surface area contributed by atoms with Crippen LogP contribution in [0, 0.1) is 25.3 Å². The summed E-state index contributed by atoms with van der Waals surface area (Å²) in [6, 6.07) is 12.2. The lowest BCUT2D eigenvalue weighted by atomic mass is 9.85. The maximum absolute atomic E-state index is 9.57. The molecule has 3 aromatic heterocycles. The van der Waals surface area contributed by atoms with Crippen molar-refractivity contribution in [2.45, 2.75) is 40.0 Å². The zero-order valence-corrected chi connectivity index (χ0v) is 21.5. The third kappa shape index (κ3) is 3.47. The number of nitrogens with zero attached hydrogens (tertiary/aromatic N) is 6. The molecule has 0 bridgehead atoms. The first kappa shape index (κ1) is 23.4. The van der Waals surface area contributed by atoms with Gasteiger partial charge >= 0.3 is 0 Å². The number of pyridine rings is 1. The van der Waals surface area contributed by atoms with E-state index < -0.39 is 0 Å². The fraction of sp³-hybridized carbons (Fsp3) is 0.286. The number of fused-ring (bicyclic) bond motifs is 3. The minimum atomic E-state index is -0.132. The maximum atomic E-state index is 9.57. The van der Waals surface area contributed by atoms with Gasteiger partial charge in [0.05, 0.1) is 46.8 Å². The van der Waals surface area contributed by atoms with E-state index in [9.17, 15) is 5.26 Å². The molecule has 0 aliphatic carbocycles. The Balaban J connectivity index is 1.97. The molecule has 3 heterocycles. The van der Waals surface area contributed by atoms with Crippen LogP contribution in [0.1, 0.15) is 37.8 Å². The molecule has 0 amide bonds. The number of aromatic nitrogens is 4. The average Bonchev–Trinajstić information content (AvgIpc) is 3.33. The van der Waals surface area contributed by atoms with Gasteiger partial charge in [-0.3, -0.25) is 9.55 Å². The molecule has 5 aromatic rings. The molecule has 36 heavy (non-hydrogen) atoms. The topological polar surface area (TPSA) is 94.2 Å². The summed E-state index contributed by atoms with van der Waals surface area (Å²) in [6.07, 6.45) is 3.81. The third-order valence-electron chi connectivity index (χ3n) is 6.63. The Kier molecular flexibility index (Phi) is 5.44. The lowest BCUT2D eigenvalue weighted by molar-refractivity contribution is 0.393. The van der Waals surface area contributed by atoms with E-state index in [2.05, 4.69) is 47.6 Å². The van der Waals surface area contributed by atoms with Crippen LogP contribution in [0.25, 0.3) is 38.8 Å². The van der Waals surface area contributed by atoms with Crippen molar-refractivity contribution in [3.63, 3.8) is 0 Å². The van der Waals surface area contributed by atoms with Crippen LogP contribution in [0.5, 0.6) is 5.75 Å². The van der Waals surface area contributed by atoms with E-state index in [0.29, 0.717) is 11.4 Å². The second-order valence-electron chi connectivity index (χ2n) is 9.93. The first-order valence-electron chi connectivity index (χ1n) is 11.7. The Bertz CT molecular complexity index is 1740. The van der Waals surface area contributed by atoms with E-state index in [1.165, 1.54) is 0 Å². The van der Waals surface area contributed by atoms with Crippen molar-refractivity contribution >= 4 is 21.9 Å². The maximum Gasteiger partial charge on any atom is 0.226 e. The molecular weight excluding hydrogens is 452 g/mol. The highest BCUT2D eigenvalue weighted by atomic mass is 16.5. The molecule has 0 unspecified atom stereocenters. The molecule has 0 saturated heterocycles. The third-order valence-corrected chi connectivity index (χ3v) is 6.63. The van der Waals surface area contributed by atoms with Crippen molar-refractivity contribution in [1.29, 1.82) is 5.26 Å². The van der Waals surface area contributed by atoms with Crippen LogP contribution in [0.3, 0.4) is 0 Å². The molecule has 0 aliphatic rings.